The van der Waals surface area contributed by atoms with Gasteiger partial charge in [0.1, 0.15) is 11.4 Å². The van der Waals surface area contributed by atoms with Crippen LogP contribution in [0.25, 0.3) is 10.9 Å². The molecule has 2 aromatic carbocycles. The fourth-order valence-corrected chi connectivity index (χ4v) is 5.56. The number of nitrogens with one attached hydrogen (secondary N) is 2. The number of aromatic amines is 1. The number of phenolic OH excluding ortho intramolecular Hbond substituents is 1. The number of hydrogen-bond acceptors (Lipinski definition) is 9. The van der Waals surface area contributed by atoms with E-state index < -0.39 is 29.1 Å². The molecule has 0 radical (unpaired) electrons. The van der Waals surface area contributed by atoms with Crippen LogP contribution >= 0.6 is 11.6 Å². The zero-order chi connectivity index (χ0) is 27.5. The van der Waals surface area contributed by atoms with Gasteiger partial charge in [-0.25, -0.2) is 4.79 Å². The van der Waals surface area contributed by atoms with Crippen LogP contribution < -0.4 is 24.4 Å². The largest absolute Gasteiger partial charge is 0.506 e. The smallest absolute Gasteiger partial charge is 0.339 e. The lowest BCUT2D eigenvalue weighted by molar-refractivity contribution is -0.143. The molecule has 2 aliphatic heterocycles. The third-order valence-electron chi connectivity index (χ3n) is 7.16. The van der Waals surface area contributed by atoms with E-state index in [0.29, 0.717) is 39.4 Å². The van der Waals surface area contributed by atoms with Gasteiger partial charge < -0.3 is 39.3 Å². The van der Waals surface area contributed by atoms with E-state index in [4.69, 9.17) is 30.5 Å². The number of phenols is 1. The quantitative estimate of drug-likeness (QED) is 0.185. The Kier molecular flexibility index (Phi) is 6.06. The van der Waals surface area contributed by atoms with Crippen molar-refractivity contribution >= 4 is 51.5 Å². The van der Waals surface area contributed by atoms with Crippen LogP contribution in [0.1, 0.15) is 39.3 Å². The molecule has 3 N–H and O–H groups in total. The molecule has 2 atom stereocenters. The molecule has 0 saturated carbocycles. The molecule has 2 aliphatic rings. The van der Waals surface area contributed by atoms with Crippen molar-refractivity contribution in [2.24, 2.45) is 0 Å². The van der Waals surface area contributed by atoms with Gasteiger partial charge in [0.25, 0.3) is 5.91 Å². The van der Waals surface area contributed by atoms with Crippen molar-refractivity contribution in [3.05, 3.63) is 35.0 Å². The average molecular weight is 544 g/mol. The van der Waals surface area contributed by atoms with Gasteiger partial charge in [-0.15, -0.1) is 11.6 Å². The fourth-order valence-electron chi connectivity index (χ4n) is 5.31. The van der Waals surface area contributed by atoms with Crippen LogP contribution in [0.4, 0.5) is 11.4 Å². The van der Waals surface area contributed by atoms with Gasteiger partial charge in [0.15, 0.2) is 17.0 Å². The molecule has 1 aromatic heterocycles. The van der Waals surface area contributed by atoms with Crippen LogP contribution in [-0.4, -0.2) is 74.2 Å². The van der Waals surface area contributed by atoms with Crippen molar-refractivity contribution in [2.75, 3.05) is 51.1 Å². The summed E-state index contributed by atoms with van der Waals surface area (Å²) in [7, 11) is 5.65. The summed E-state index contributed by atoms with van der Waals surface area (Å²) in [6, 6.07) is 4.78. The van der Waals surface area contributed by atoms with E-state index in [1.807, 2.05) is 0 Å². The first-order chi connectivity index (χ1) is 18.1. The number of aromatic hydroxyl groups is 1. The van der Waals surface area contributed by atoms with Crippen LogP contribution in [-0.2, 0) is 9.53 Å². The fraction of sp³-hybridized carbons (Fsp3) is 0.346. The van der Waals surface area contributed by atoms with Crippen molar-refractivity contribution in [1.29, 1.82) is 0 Å². The summed E-state index contributed by atoms with van der Waals surface area (Å²) in [5, 5.41) is 14.3. The van der Waals surface area contributed by atoms with Gasteiger partial charge in [0.05, 0.1) is 50.9 Å². The number of nitrogens with zero attached hydrogens (tertiary/aromatic N) is 1. The van der Waals surface area contributed by atoms with Gasteiger partial charge in [0, 0.05) is 29.8 Å². The van der Waals surface area contributed by atoms with Gasteiger partial charge in [-0.3, -0.25) is 9.59 Å². The minimum atomic E-state index is -1.72. The third-order valence-corrected chi connectivity index (χ3v) is 7.53. The zero-order valence-electron chi connectivity index (χ0n) is 21.4. The maximum absolute atomic E-state index is 13.8. The number of amides is 1. The Hall–Kier alpha value is -4.12. The molecule has 0 bridgehead atoms. The van der Waals surface area contributed by atoms with E-state index in [0.717, 1.165) is 0 Å². The van der Waals surface area contributed by atoms with Gasteiger partial charge >= 0.3 is 5.97 Å². The van der Waals surface area contributed by atoms with Crippen LogP contribution in [0.2, 0.25) is 0 Å². The molecule has 3 aromatic rings. The summed E-state index contributed by atoms with van der Waals surface area (Å²) in [4.78, 5) is 44.3. The maximum atomic E-state index is 13.8. The number of Topliss-reactive ketones (excluding diaryl/α,β-unsaturated/α-hetero) is 1. The van der Waals surface area contributed by atoms with Crippen molar-refractivity contribution < 1.29 is 38.4 Å². The number of halogens is 1. The number of anilines is 2. The van der Waals surface area contributed by atoms with Crippen LogP contribution in [0.15, 0.2) is 18.2 Å². The summed E-state index contributed by atoms with van der Waals surface area (Å²) >= 11 is 6.30. The molecule has 0 fully saturated rings. The molecule has 5 rings (SSSR count). The average Bonchev–Trinajstić information content (AvgIpc) is 3.59. The topological polar surface area (TPSA) is 139 Å². The predicted molar refractivity (Wildman–Crippen MR) is 140 cm³/mol. The number of hydrogen-bond donors (Lipinski definition) is 3. The van der Waals surface area contributed by atoms with Gasteiger partial charge in [-0.05, 0) is 24.6 Å². The number of carbonyl (C=O) groups excluding carboxylic acids is 3. The lowest BCUT2D eigenvalue weighted by atomic mass is 9.89. The molecular weight excluding hydrogens is 518 g/mol. The standard InChI is InChI=1S/C26H26ClN3O8/c1-26(25(34)38-5)23(32)18-17-12(9-27)10-30(14(17)8-15(31)20(18)29-26)24(33)13-6-11-7-16(35-2)21(36-3)22(37-4)19(11)28-13/h6-8,12,28-29,31H,9-10H2,1-5H3/t12-,26+/m1/s1. The first kappa shape index (κ1) is 25.5. The van der Waals surface area contributed by atoms with E-state index >= 15 is 0 Å². The minimum absolute atomic E-state index is 0.102. The molecule has 11 nitrogen and oxygen atoms in total. The third kappa shape index (κ3) is 3.38. The van der Waals surface area contributed by atoms with Crippen molar-refractivity contribution in [3.8, 4) is 23.0 Å². The Morgan fingerprint density at radius 1 is 1.13 bits per heavy atom. The molecule has 200 valence electrons. The Bertz CT molecular complexity index is 1520. The highest BCUT2D eigenvalue weighted by atomic mass is 35.5. The molecule has 0 saturated heterocycles. The summed E-state index contributed by atoms with van der Waals surface area (Å²) in [5.41, 5.74) is 0.113. The Labute approximate surface area is 222 Å². The Balaban J connectivity index is 1.62. The number of alkyl halides is 1. The molecule has 0 aliphatic carbocycles. The second kappa shape index (κ2) is 9.02. The number of aromatic nitrogens is 1. The summed E-state index contributed by atoms with van der Waals surface area (Å²) < 4.78 is 21.2. The number of rotatable bonds is 6. The summed E-state index contributed by atoms with van der Waals surface area (Å²) in [5.74, 6) is -1.19. The number of ether oxygens (including phenoxy) is 4. The summed E-state index contributed by atoms with van der Waals surface area (Å²) in [6.45, 7) is 1.55. The Morgan fingerprint density at radius 3 is 2.45 bits per heavy atom. The maximum Gasteiger partial charge on any atom is 0.339 e. The van der Waals surface area contributed by atoms with Crippen LogP contribution in [0, 0.1) is 0 Å². The highest BCUT2D eigenvalue weighted by molar-refractivity contribution is 6.27. The lowest BCUT2D eigenvalue weighted by Crippen LogP contribution is -2.47. The molecule has 0 unspecified atom stereocenters. The predicted octanol–water partition coefficient (Wildman–Crippen LogP) is 3.42. The summed E-state index contributed by atoms with van der Waals surface area (Å²) in [6.07, 6.45) is 0. The normalized spacial score (nSPS) is 19.7. The number of fused-ring (bicyclic) bond motifs is 4. The van der Waals surface area contributed by atoms with Crippen molar-refractivity contribution in [1.82, 2.24) is 4.98 Å². The van der Waals surface area contributed by atoms with E-state index in [1.54, 1.807) is 12.1 Å². The first-order valence-electron chi connectivity index (χ1n) is 11.7. The number of esters is 1. The van der Waals surface area contributed by atoms with Gasteiger partial charge in [-0.2, -0.15) is 0 Å². The number of ketones is 1. The highest BCUT2D eigenvalue weighted by Crippen LogP contribution is 2.51. The van der Waals surface area contributed by atoms with Gasteiger partial charge in [-0.1, -0.05) is 0 Å². The van der Waals surface area contributed by atoms with Crippen molar-refractivity contribution in [3.63, 3.8) is 0 Å². The van der Waals surface area contributed by atoms with Crippen LogP contribution in [0.3, 0.4) is 0 Å². The molecule has 1 amide bonds. The van der Waals surface area contributed by atoms with E-state index in [2.05, 4.69) is 10.3 Å². The molecule has 12 heteroatoms. The SMILES string of the molecule is COC(=O)[C@@]1(C)Nc2c(O)cc3c(c2C1=O)[C@H](CCl)CN3C(=O)c1cc2cc(OC)c(OC)c(OC)c2[nH]1. The van der Waals surface area contributed by atoms with Crippen molar-refractivity contribution in [2.45, 2.75) is 18.4 Å². The second-order valence-corrected chi connectivity index (χ2v) is 9.52. The van der Waals surface area contributed by atoms with Crippen LogP contribution in [0.5, 0.6) is 23.0 Å². The minimum Gasteiger partial charge on any atom is -0.506 e. The molecule has 38 heavy (non-hydrogen) atoms. The molecule has 3 heterocycles. The molecule has 0 spiro atoms. The van der Waals surface area contributed by atoms with E-state index in [1.165, 1.54) is 46.3 Å². The Morgan fingerprint density at radius 2 is 1.84 bits per heavy atom. The molecular formula is C26H26ClN3O8. The number of carbonyl (C=O) groups is 3. The zero-order valence-corrected chi connectivity index (χ0v) is 22.1. The number of methoxy groups -OCH3 is 4. The number of H-pyrrole nitrogens is 1. The second-order valence-electron chi connectivity index (χ2n) is 9.21. The van der Waals surface area contributed by atoms with Gasteiger partial charge in [0.2, 0.25) is 11.5 Å². The van der Waals surface area contributed by atoms with E-state index in [-0.39, 0.29) is 35.1 Å². The monoisotopic (exact) mass is 543 g/mol. The highest BCUT2D eigenvalue weighted by Gasteiger charge is 2.53. The van der Waals surface area contributed by atoms with E-state index in [9.17, 15) is 19.5 Å². The first-order valence-corrected chi connectivity index (χ1v) is 12.2. The number of benzene rings is 2. The lowest BCUT2D eigenvalue weighted by Gasteiger charge is -2.20.